The summed E-state index contributed by atoms with van der Waals surface area (Å²) in [6.45, 7) is 0.730. The van der Waals surface area contributed by atoms with Gasteiger partial charge in [0, 0.05) is 18.7 Å². The van der Waals surface area contributed by atoms with Gasteiger partial charge in [0.1, 0.15) is 23.8 Å². The van der Waals surface area contributed by atoms with E-state index in [4.69, 9.17) is 14.2 Å². The van der Waals surface area contributed by atoms with Gasteiger partial charge in [0.15, 0.2) is 11.5 Å². The van der Waals surface area contributed by atoms with Crippen LogP contribution in [0.4, 0.5) is 22.0 Å². The van der Waals surface area contributed by atoms with Crippen molar-refractivity contribution in [3.05, 3.63) is 48.7 Å². The minimum absolute atomic E-state index is 0.00645. The molecule has 2 aromatic carbocycles. The number of nitrogens with zero attached hydrogens (tertiary/aromatic N) is 5. The topological polar surface area (TPSA) is 107 Å². The molecule has 0 bridgehead atoms. The highest BCUT2D eigenvalue weighted by Crippen LogP contribution is 2.39. The number of imidazole rings is 1. The molecule has 1 fully saturated rings. The lowest BCUT2D eigenvalue weighted by molar-refractivity contribution is 0.265. The minimum atomic E-state index is -0.439. The monoisotopic (exact) mass is 494 g/mol. The summed E-state index contributed by atoms with van der Waals surface area (Å²) in [6, 6.07) is 8.26. The second kappa shape index (κ2) is 9.86. The van der Waals surface area contributed by atoms with Gasteiger partial charge in [-0.2, -0.15) is 4.98 Å². The molecule has 0 spiro atoms. The van der Waals surface area contributed by atoms with Crippen molar-refractivity contribution in [2.24, 2.45) is 0 Å². The first kappa shape index (κ1) is 23.6. The van der Waals surface area contributed by atoms with E-state index in [0.717, 1.165) is 25.1 Å². The lowest BCUT2D eigenvalue weighted by atomic mass is 10.2. The molecule has 0 radical (unpaired) electrons. The average molecular weight is 495 g/mol. The zero-order valence-electron chi connectivity index (χ0n) is 20.2. The van der Waals surface area contributed by atoms with E-state index in [2.05, 4.69) is 20.3 Å². The number of anilines is 3. The third kappa shape index (κ3) is 4.22. The number of hydrogen-bond acceptors (Lipinski definition) is 9. The van der Waals surface area contributed by atoms with Gasteiger partial charge >= 0.3 is 0 Å². The number of fused-ring (bicyclic) bond motifs is 1. The number of aliphatic hydroxyl groups is 1. The summed E-state index contributed by atoms with van der Waals surface area (Å²) in [4.78, 5) is 15.6. The number of nitrogens with one attached hydrogen (secondary N) is 1. The molecule has 4 aromatic rings. The first-order chi connectivity index (χ1) is 17.6. The van der Waals surface area contributed by atoms with Crippen molar-refractivity contribution in [3.63, 3.8) is 0 Å². The van der Waals surface area contributed by atoms with Gasteiger partial charge in [-0.3, -0.25) is 0 Å². The summed E-state index contributed by atoms with van der Waals surface area (Å²) in [5.41, 5.74) is 1.20. The number of rotatable bonds is 8. The van der Waals surface area contributed by atoms with Crippen molar-refractivity contribution in [2.75, 3.05) is 44.7 Å². The van der Waals surface area contributed by atoms with Gasteiger partial charge in [0.05, 0.1) is 56.8 Å². The molecule has 11 heteroatoms. The number of aliphatic hydroxyl groups excluding tert-OH is 1. The van der Waals surface area contributed by atoms with Crippen molar-refractivity contribution in [1.29, 1.82) is 0 Å². The molecule has 2 N–H and O–H groups in total. The molecule has 10 nitrogen and oxygen atoms in total. The van der Waals surface area contributed by atoms with Crippen LogP contribution in [0.2, 0.25) is 0 Å². The Hall–Kier alpha value is -4.12. The van der Waals surface area contributed by atoms with Crippen LogP contribution in [-0.2, 0) is 0 Å². The quantitative estimate of drug-likeness (QED) is 0.379. The maximum Gasteiger partial charge on any atom is 0.228 e. The number of benzene rings is 2. The van der Waals surface area contributed by atoms with E-state index in [0.29, 0.717) is 40.3 Å². The number of ether oxygens (including phenoxy) is 3. The highest BCUT2D eigenvalue weighted by molar-refractivity contribution is 5.92. The van der Waals surface area contributed by atoms with Crippen molar-refractivity contribution >= 4 is 28.5 Å². The molecular formula is C25H27FN6O4. The van der Waals surface area contributed by atoms with E-state index in [9.17, 15) is 9.50 Å². The van der Waals surface area contributed by atoms with Crippen molar-refractivity contribution in [2.45, 2.75) is 18.9 Å². The number of aromatic nitrogens is 4. The zero-order chi connectivity index (χ0) is 25.2. The standard InChI is InChI=1S/C25H27FN6O4/c1-34-19-10-16(11-20(35-2)23(19)36-3)31-12-21(27-14-31)29-24-22-17(26)7-4-8-18(22)28-25(30-24)32-9-5-6-15(32)13-33/h4,7-8,10-12,14-15,33H,5-6,9,13H2,1-3H3,(H,28,29,30). The van der Waals surface area contributed by atoms with Crippen LogP contribution < -0.4 is 24.4 Å². The Labute approximate surface area is 207 Å². The van der Waals surface area contributed by atoms with E-state index in [1.165, 1.54) is 6.07 Å². The van der Waals surface area contributed by atoms with Gasteiger partial charge < -0.3 is 34.1 Å². The fraction of sp³-hybridized carbons (Fsp3) is 0.320. The largest absolute Gasteiger partial charge is 0.493 e. The van der Waals surface area contributed by atoms with E-state index >= 15 is 0 Å². The lowest BCUT2D eigenvalue weighted by Gasteiger charge is -2.24. The Morgan fingerprint density at radius 3 is 2.58 bits per heavy atom. The van der Waals surface area contributed by atoms with Crippen LogP contribution in [0.15, 0.2) is 42.9 Å². The van der Waals surface area contributed by atoms with Gasteiger partial charge in [-0.1, -0.05) is 6.07 Å². The maximum absolute atomic E-state index is 14.9. The van der Waals surface area contributed by atoms with Gasteiger partial charge in [-0.05, 0) is 25.0 Å². The Morgan fingerprint density at radius 2 is 1.89 bits per heavy atom. The second-order valence-electron chi connectivity index (χ2n) is 8.35. The van der Waals surface area contributed by atoms with Gasteiger partial charge in [-0.15, -0.1) is 0 Å². The average Bonchev–Trinajstić information content (AvgIpc) is 3.57. The van der Waals surface area contributed by atoms with Crippen LogP contribution in [0.3, 0.4) is 0 Å². The van der Waals surface area contributed by atoms with Gasteiger partial charge in [0.25, 0.3) is 0 Å². The fourth-order valence-corrected chi connectivity index (χ4v) is 4.50. The third-order valence-electron chi connectivity index (χ3n) is 6.28. The minimum Gasteiger partial charge on any atom is -0.493 e. The van der Waals surface area contributed by atoms with Crippen LogP contribution in [0.5, 0.6) is 17.2 Å². The molecule has 0 saturated carbocycles. The highest BCUT2D eigenvalue weighted by atomic mass is 19.1. The molecule has 3 heterocycles. The molecule has 188 valence electrons. The first-order valence-electron chi connectivity index (χ1n) is 11.5. The zero-order valence-corrected chi connectivity index (χ0v) is 20.2. The number of hydrogen-bond donors (Lipinski definition) is 2. The lowest BCUT2D eigenvalue weighted by Crippen LogP contribution is -2.33. The smallest absolute Gasteiger partial charge is 0.228 e. The summed E-state index contributed by atoms with van der Waals surface area (Å²) >= 11 is 0. The van der Waals surface area contributed by atoms with Gasteiger partial charge in [0.2, 0.25) is 11.7 Å². The van der Waals surface area contributed by atoms with Gasteiger partial charge in [-0.25, -0.2) is 14.4 Å². The molecule has 36 heavy (non-hydrogen) atoms. The second-order valence-corrected chi connectivity index (χ2v) is 8.35. The summed E-state index contributed by atoms with van der Waals surface area (Å²) in [5.74, 6) is 2.26. The van der Waals surface area contributed by atoms with Crippen molar-refractivity contribution in [3.8, 4) is 22.9 Å². The van der Waals surface area contributed by atoms with Crippen molar-refractivity contribution < 1.29 is 23.7 Å². The van der Waals surface area contributed by atoms with Crippen LogP contribution in [0.25, 0.3) is 16.6 Å². The molecule has 5 rings (SSSR count). The third-order valence-corrected chi connectivity index (χ3v) is 6.28. The molecule has 1 saturated heterocycles. The molecule has 2 aromatic heterocycles. The SMILES string of the molecule is COc1cc(-n2cnc(Nc3nc(N4CCCC4CO)nc4cccc(F)c34)c2)cc(OC)c1OC. The normalized spacial score (nSPS) is 15.4. The molecule has 1 unspecified atom stereocenters. The Balaban J connectivity index is 1.53. The molecular weight excluding hydrogens is 467 g/mol. The highest BCUT2D eigenvalue weighted by Gasteiger charge is 2.27. The first-order valence-corrected chi connectivity index (χ1v) is 11.5. The van der Waals surface area contributed by atoms with Crippen LogP contribution in [0.1, 0.15) is 12.8 Å². The number of methoxy groups -OCH3 is 3. The van der Waals surface area contributed by atoms with Crippen LogP contribution in [0, 0.1) is 5.82 Å². The van der Waals surface area contributed by atoms with E-state index in [1.54, 1.807) is 62.7 Å². The Bertz CT molecular complexity index is 1370. The van der Waals surface area contributed by atoms with E-state index in [1.807, 2.05) is 4.90 Å². The summed E-state index contributed by atoms with van der Waals surface area (Å²) in [5, 5.41) is 13.2. The van der Waals surface area contributed by atoms with Crippen LogP contribution in [-0.4, -0.2) is 65.1 Å². The summed E-state index contributed by atoms with van der Waals surface area (Å²) in [6.07, 6.45) is 5.15. The predicted octanol–water partition coefficient (Wildman–Crippen LogP) is 3.69. The molecule has 1 atom stereocenters. The van der Waals surface area contributed by atoms with E-state index < -0.39 is 5.82 Å². The number of halogens is 1. The molecule has 1 aliphatic rings. The summed E-state index contributed by atoms with van der Waals surface area (Å²) in [7, 11) is 4.65. The summed E-state index contributed by atoms with van der Waals surface area (Å²) < 4.78 is 32.9. The Morgan fingerprint density at radius 1 is 1.11 bits per heavy atom. The molecule has 0 amide bonds. The Kier molecular flexibility index (Phi) is 6.47. The molecule has 0 aliphatic carbocycles. The predicted molar refractivity (Wildman–Crippen MR) is 133 cm³/mol. The fourth-order valence-electron chi connectivity index (χ4n) is 4.50. The van der Waals surface area contributed by atoms with Crippen LogP contribution >= 0.6 is 0 Å². The molecule has 1 aliphatic heterocycles. The maximum atomic E-state index is 14.9. The van der Waals surface area contributed by atoms with E-state index in [-0.39, 0.29) is 18.0 Å². The van der Waals surface area contributed by atoms with Crippen molar-refractivity contribution in [1.82, 2.24) is 19.5 Å².